The van der Waals surface area contributed by atoms with Gasteiger partial charge in [-0.25, -0.2) is 13.4 Å². The molecule has 8 nitrogen and oxygen atoms in total. The summed E-state index contributed by atoms with van der Waals surface area (Å²) in [5.74, 6) is -0.590. The number of thioether (sulfide) groups is 1. The van der Waals surface area contributed by atoms with Gasteiger partial charge in [-0.15, -0.1) is 4.83 Å². The zero-order valence-corrected chi connectivity index (χ0v) is 17.0. The molecule has 0 unspecified atom stereocenters. The number of amides is 1. The number of thiocarbonyl (C=S) groups is 1. The molecule has 1 aliphatic heterocycles. The summed E-state index contributed by atoms with van der Waals surface area (Å²) in [6, 6.07) is 13.5. The largest absolute Gasteiger partial charge is 0.281 e. The topological polar surface area (TPSA) is 110 Å². The summed E-state index contributed by atoms with van der Waals surface area (Å²) in [5.41, 5.74) is 0.681. The lowest BCUT2D eigenvalue weighted by molar-refractivity contribution is -0.384. The van der Waals surface area contributed by atoms with Gasteiger partial charge < -0.3 is 0 Å². The summed E-state index contributed by atoms with van der Waals surface area (Å²) in [6.45, 7) is 0. The first-order valence-electron chi connectivity index (χ1n) is 8.04. The van der Waals surface area contributed by atoms with Crippen molar-refractivity contribution in [2.24, 2.45) is 0 Å². The Balaban J connectivity index is 1.72. The monoisotopic (exact) mass is 447 g/mol. The minimum atomic E-state index is -3.95. The molecule has 11 heteroatoms. The standard InChI is InChI=1S/C18H13N3O5S3/c22-17-16(8-4-5-13-9-11-14(12-10-13)21(23)24)28-18(27)20(17)19-29(25,26)15-6-2-1-3-7-15/h1-12,19H. The molecular weight excluding hydrogens is 434 g/mol. The summed E-state index contributed by atoms with van der Waals surface area (Å²) in [4.78, 5) is 25.1. The van der Waals surface area contributed by atoms with Crippen molar-refractivity contribution >= 4 is 56.0 Å². The van der Waals surface area contributed by atoms with Crippen molar-refractivity contribution in [3.8, 4) is 0 Å². The molecule has 0 bridgehead atoms. The number of hydrogen-bond acceptors (Lipinski definition) is 7. The van der Waals surface area contributed by atoms with Crippen LogP contribution >= 0.6 is 24.0 Å². The summed E-state index contributed by atoms with van der Waals surface area (Å²) in [7, 11) is -3.95. The second kappa shape index (κ2) is 8.66. The van der Waals surface area contributed by atoms with Crippen LogP contribution in [0.15, 0.2) is 76.5 Å². The van der Waals surface area contributed by atoms with Crippen LogP contribution in [0.2, 0.25) is 0 Å². The lowest BCUT2D eigenvalue weighted by Gasteiger charge is -2.15. The van der Waals surface area contributed by atoms with Crippen LogP contribution in [0, 0.1) is 10.1 Å². The Kier molecular flexibility index (Phi) is 6.23. The zero-order valence-electron chi connectivity index (χ0n) is 14.6. The highest BCUT2D eigenvalue weighted by atomic mass is 32.2. The Morgan fingerprint density at radius 3 is 2.38 bits per heavy atom. The number of carbonyl (C=O) groups is 1. The van der Waals surface area contributed by atoms with E-state index in [4.69, 9.17) is 12.2 Å². The van der Waals surface area contributed by atoms with Gasteiger partial charge in [-0.05, 0) is 35.9 Å². The van der Waals surface area contributed by atoms with Crippen LogP contribution in [0.25, 0.3) is 6.08 Å². The van der Waals surface area contributed by atoms with Crippen molar-refractivity contribution in [2.75, 3.05) is 0 Å². The van der Waals surface area contributed by atoms with Crippen LogP contribution in [-0.2, 0) is 14.8 Å². The quantitative estimate of drug-likeness (QED) is 0.313. The highest BCUT2D eigenvalue weighted by molar-refractivity contribution is 8.26. The number of nitro benzene ring substituents is 1. The van der Waals surface area contributed by atoms with Gasteiger partial charge in [-0.1, -0.05) is 54.3 Å². The van der Waals surface area contributed by atoms with Gasteiger partial charge >= 0.3 is 0 Å². The number of non-ortho nitro benzene ring substituents is 1. The third-order valence-electron chi connectivity index (χ3n) is 3.70. The SMILES string of the molecule is O=C1C(=CC=Cc2ccc([N+](=O)[O-])cc2)SC(=S)N1NS(=O)(=O)c1ccccc1. The summed E-state index contributed by atoms with van der Waals surface area (Å²) in [5, 5.41) is 11.5. The molecule has 0 radical (unpaired) electrons. The van der Waals surface area contributed by atoms with Crippen molar-refractivity contribution in [1.29, 1.82) is 0 Å². The molecule has 1 N–H and O–H groups in total. The third-order valence-corrected chi connectivity index (χ3v) is 6.33. The second-order valence-electron chi connectivity index (χ2n) is 5.65. The van der Waals surface area contributed by atoms with Crippen LogP contribution < -0.4 is 4.83 Å². The summed E-state index contributed by atoms with van der Waals surface area (Å²) in [6.07, 6.45) is 4.74. The highest BCUT2D eigenvalue weighted by Gasteiger charge is 2.35. The molecule has 1 heterocycles. The number of rotatable bonds is 6. The lowest BCUT2D eigenvalue weighted by Crippen LogP contribution is -2.44. The number of allylic oxidation sites excluding steroid dienone is 2. The average Bonchev–Trinajstić information content (AvgIpc) is 2.96. The fraction of sp³-hybridized carbons (Fsp3) is 0. The average molecular weight is 448 g/mol. The van der Waals surface area contributed by atoms with Crippen molar-refractivity contribution < 1.29 is 18.1 Å². The minimum absolute atomic E-state index is 0.0103. The number of nitro groups is 1. The summed E-state index contributed by atoms with van der Waals surface area (Å²) < 4.78 is 24.9. The molecule has 2 aromatic rings. The number of carbonyl (C=O) groups excluding carboxylic acids is 1. The Hall–Kier alpha value is -2.86. The fourth-order valence-electron chi connectivity index (χ4n) is 2.29. The van der Waals surface area contributed by atoms with E-state index in [1.54, 1.807) is 42.5 Å². The molecule has 1 amide bonds. The van der Waals surface area contributed by atoms with E-state index < -0.39 is 20.9 Å². The molecule has 0 saturated carbocycles. The highest BCUT2D eigenvalue weighted by Crippen LogP contribution is 2.30. The van der Waals surface area contributed by atoms with Crippen LogP contribution in [0.1, 0.15) is 5.56 Å². The fourth-order valence-corrected chi connectivity index (χ4v) is 4.57. The molecule has 3 rings (SSSR count). The molecule has 2 aromatic carbocycles. The van der Waals surface area contributed by atoms with E-state index in [0.717, 1.165) is 16.8 Å². The Labute approximate surface area is 176 Å². The number of hydrazine groups is 1. The Morgan fingerprint density at radius 1 is 1.10 bits per heavy atom. The van der Waals surface area contributed by atoms with Crippen LogP contribution in [-0.4, -0.2) is 28.6 Å². The maximum atomic E-state index is 12.5. The van der Waals surface area contributed by atoms with Gasteiger partial charge in [0.15, 0.2) is 4.32 Å². The molecular formula is C18H13N3O5S3. The molecule has 1 fully saturated rings. The maximum Gasteiger partial charge on any atom is 0.281 e. The van der Waals surface area contributed by atoms with Crippen molar-refractivity contribution in [1.82, 2.24) is 9.84 Å². The van der Waals surface area contributed by atoms with E-state index in [9.17, 15) is 23.3 Å². The van der Waals surface area contributed by atoms with E-state index in [1.807, 2.05) is 0 Å². The van der Waals surface area contributed by atoms with E-state index in [0.29, 0.717) is 5.56 Å². The van der Waals surface area contributed by atoms with Gasteiger partial charge in [-0.2, -0.15) is 0 Å². The van der Waals surface area contributed by atoms with Crippen molar-refractivity contribution in [3.63, 3.8) is 0 Å². The predicted molar refractivity (Wildman–Crippen MR) is 114 cm³/mol. The Bertz CT molecular complexity index is 1130. The van der Waals surface area contributed by atoms with Gasteiger partial charge in [0.1, 0.15) is 0 Å². The Morgan fingerprint density at radius 2 is 1.76 bits per heavy atom. The predicted octanol–water partition coefficient (Wildman–Crippen LogP) is 3.25. The van der Waals surface area contributed by atoms with E-state index in [2.05, 4.69) is 4.83 Å². The van der Waals surface area contributed by atoms with Crippen molar-refractivity contribution in [3.05, 3.63) is 87.3 Å². The number of benzene rings is 2. The second-order valence-corrected chi connectivity index (χ2v) is 8.99. The molecule has 148 valence electrons. The number of nitrogens with zero attached hydrogens (tertiary/aromatic N) is 2. The van der Waals surface area contributed by atoms with Gasteiger partial charge in [0, 0.05) is 12.1 Å². The molecule has 0 aliphatic carbocycles. The molecule has 0 aromatic heterocycles. The van der Waals surface area contributed by atoms with E-state index in [-0.39, 0.29) is 19.8 Å². The van der Waals surface area contributed by atoms with Crippen molar-refractivity contribution in [2.45, 2.75) is 4.90 Å². The number of hydrogen-bond donors (Lipinski definition) is 1. The molecule has 29 heavy (non-hydrogen) atoms. The molecule has 1 saturated heterocycles. The first kappa shape index (κ1) is 20.9. The van der Waals surface area contributed by atoms with Gasteiger partial charge in [0.2, 0.25) is 0 Å². The summed E-state index contributed by atoms with van der Waals surface area (Å²) >= 11 is 6.07. The van der Waals surface area contributed by atoms with Crippen LogP contribution in [0.5, 0.6) is 0 Å². The minimum Gasteiger partial charge on any atom is -0.267 e. The van der Waals surface area contributed by atoms with Gasteiger partial charge in [-0.3, -0.25) is 14.9 Å². The van der Waals surface area contributed by atoms with Crippen LogP contribution in [0.4, 0.5) is 5.69 Å². The smallest absolute Gasteiger partial charge is 0.267 e. The van der Waals surface area contributed by atoms with Gasteiger partial charge in [0.05, 0.1) is 14.7 Å². The van der Waals surface area contributed by atoms with Crippen LogP contribution in [0.3, 0.4) is 0 Å². The molecule has 1 aliphatic rings. The van der Waals surface area contributed by atoms with E-state index >= 15 is 0 Å². The van der Waals surface area contributed by atoms with Gasteiger partial charge in [0.25, 0.3) is 21.6 Å². The zero-order chi connectivity index (χ0) is 21.0. The first-order chi connectivity index (χ1) is 13.8. The normalized spacial score (nSPS) is 16.1. The number of nitrogens with one attached hydrogen (secondary N) is 1. The number of sulfonamides is 1. The first-order valence-corrected chi connectivity index (χ1v) is 10.8. The molecule has 0 spiro atoms. The molecule has 0 atom stereocenters. The third kappa shape index (κ3) is 4.95. The lowest BCUT2D eigenvalue weighted by atomic mass is 10.2. The maximum absolute atomic E-state index is 12.5. The van der Waals surface area contributed by atoms with E-state index in [1.165, 1.54) is 30.3 Å².